The molecule has 0 aromatic rings. The normalized spacial score (nSPS) is 26.1. The van der Waals surface area contributed by atoms with Gasteiger partial charge >= 0.3 is 47.8 Å². The number of carbonyl (C=O) groups is 8. The molecule has 4 atom stereocenters. The van der Waals surface area contributed by atoms with Crippen molar-refractivity contribution in [1.29, 1.82) is 0 Å². The molecule has 0 unspecified atom stereocenters. The molecule has 8 N–H and O–H groups in total. The van der Waals surface area contributed by atoms with Crippen molar-refractivity contribution in [3.63, 3.8) is 0 Å². The molecule has 4 aliphatic rings. The Morgan fingerprint density at radius 2 is 0.590 bits per heavy atom. The first-order chi connectivity index (χ1) is 17.9. The minimum absolute atomic E-state index is 0.275. The molecule has 16 nitrogen and oxygen atoms in total. The van der Waals surface area contributed by atoms with E-state index in [1.165, 1.54) is 0 Å². The summed E-state index contributed by atoms with van der Waals surface area (Å²) in [6, 6.07) is 0. The van der Waals surface area contributed by atoms with E-state index in [2.05, 4.69) is 0 Å². The average Bonchev–Trinajstić information content (AvgIpc) is 3.46. The fourth-order valence-electron chi connectivity index (χ4n) is 3.88. The van der Waals surface area contributed by atoms with Gasteiger partial charge in [0, 0.05) is 0 Å². The van der Waals surface area contributed by atoms with Crippen LogP contribution in [0.4, 0.5) is 0 Å². The molecule has 0 radical (unpaired) electrons. The minimum atomic E-state index is -1.44. The Hall–Kier alpha value is -4.24. The molecule has 0 heterocycles. The monoisotopic (exact) mass is 562 g/mol. The Morgan fingerprint density at radius 3 is 0.615 bits per heavy atom. The van der Waals surface area contributed by atoms with Crippen molar-refractivity contribution in [3.05, 3.63) is 0 Å². The summed E-state index contributed by atoms with van der Waals surface area (Å²) in [5, 5.41) is 67.1. The molecule has 4 fully saturated rings. The lowest BCUT2D eigenvalue weighted by atomic mass is 9.69. The maximum atomic E-state index is 10.4. The van der Waals surface area contributed by atoms with Crippen LogP contribution in [0, 0.1) is 34.5 Å². The first-order valence-electron chi connectivity index (χ1n) is 11.8. The van der Waals surface area contributed by atoms with Gasteiger partial charge in [-0.05, 0) is 57.8 Å². The summed E-state index contributed by atoms with van der Waals surface area (Å²) in [6.45, 7) is 0. The largest absolute Gasteiger partial charge is 0.481 e. The Balaban J connectivity index is 0.000000260. The molecule has 4 rings (SSSR count). The quantitative estimate of drug-likeness (QED) is 0.188. The number of hydrogen-bond donors (Lipinski definition) is 8. The van der Waals surface area contributed by atoms with Gasteiger partial charge in [0.25, 0.3) is 0 Å². The molecule has 39 heavy (non-hydrogen) atoms. The lowest BCUT2D eigenvalue weighted by Crippen LogP contribution is -2.44. The van der Waals surface area contributed by atoms with Crippen molar-refractivity contribution in [2.75, 3.05) is 0 Å². The molecule has 0 saturated heterocycles. The van der Waals surface area contributed by atoms with Gasteiger partial charge in [0.1, 0.15) is 0 Å². The van der Waals surface area contributed by atoms with Gasteiger partial charge in [-0.15, -0.1) is 0 Å². The summed E-state index contributed by atoms with van der Waals surface area (Å²) in [5.41, 5.74) is -2.86. The maximum absolute atomic E-state index is 10.4. The van der Waals surface area contributed by atoms with Gasteiger partial charge < -0.3 is 40.9 Å². The van der Waals surface area contributed by atoms with Crippen molar-refractivity contribution in [3.8, 4) is 0 Å². The molecule has 4 saturated carbocycles. The van der Waals surface area contributed by atoms with Gasteiger partial charge in [0.15, 0.2) is 10.8 Å². The molecule has 0 amide bonds. The number of rotatable bonds is 8. The third-order valence-corrected chi connectivity index (χ3v) is 7.41. The summed E-state index contributed by atoms with van der Waals surface area (Å²) in [6.07, 6.45) is 3.83. The van der Waals surface area contributed by atoms with Gasteiger partial charge in [-0.2, -0.15) is 0 Å². The number of aliphatic carboxylic acids is 8. The SMILES string of the molecule is O=C(O)C1(C(=O)O)CC1.O=C(O)C1(C(=O)O)CCC1.O=C(O)[C@@H]1CC[C@H]1C(=O)O.O=C(O)[C@H]1CC[C@H]1C(=O)O. The lowest BCUT2D eigenvalue weighted by molar-refractivity contribution is -0.171. The van der Waals surface area contributed by atoms with Crippen molar-refractivity contribution < 1.29 is 79.2 Å². The summed E-state index contributed by atoms with van der Waals surface area (Å²) in [4.78, 5) is 81.9. The molecular weight excluding hydrogens is 532 g/mol. The van der Waals surface area contributed by atoms with Gasteiger partial charge in [-0.1, -0.05) is 0 Å². The third kappa shape index (κ3) is 7.64. The van der Waals surface area contributed by atoms with E-state index in [0.717, 1.165) is 0 Å². The summed E-state index contributed by atoms with van der Waals surface area (Å²) in [7, 11) is 0. The van der Waals surface area contributed by atoms with E-state index in [4.69, 9.17) is 40.9 Å². The van der Waals surface area contributed by atoms with Crippen LogP contribution in [0.15, 0.2) is 0 Å². The first-order valence-corrected chi connectivity index (χ1v) is 11.8. The third-order valence-electron chi connectivity index (χ3n) is 7.41. The predicted molar refractivity (Wildman–Crippen MR) is 121 cm³/mol. The highest BCUT2D eigenvalue weighted by Crippen LogP contribution is 2.46. The Kier molecular flexibility index (Phi) is 10.9. The first kappa shape index (κ1) is 32.8. The Bertz CT molecular complexity index is 909. The highest BCUT2D eigenvalue weighted by Gasteiger charge is 2.57. The zero-order valence-electron chi connectivity index (χ0n) is 20.5. The van der Waals surface area contributed by atoms with Gasteiger partial charge in [0.2, 0.25) is 0 Å². The number of carboxylic acids is 8. The van der Waals surface area contributed by atoms with Crippen LogP contribution >= 0.6 is 0 Å². The molecule has 0 aromatic heterocycles. The van der Waals surface area contributed by atoms with Crippen LogP contribution in [0.2, 0.25) is 0 Å². The smallest absolute Gasteiger partial charge is 0.321 e. The second-order valence-electron chi connectivity index (χ2n) is 9.67. The zero-order valence-corrected chi connectivity index (χ0v) is 20.5. The van der Waals surface area contributed by atoms with E-state index in [1.807, 2.05) is 0 Å². The molecule has 0 bridgehead atoms. The van der Waals surface area contributed by atoms with Crippen LogP contribution in [0.3, 0.4) is 0 Å². The maximum Gasteiger partial charge on any atom is 0.321 e. The van der Waals surface area contributed by atoms with E-state index in [0.29, 0.717) is 32.1 Å². The molecule has 16 heteroatoms. The highest BCUT2D eigenvalue weighted by molar-refractivity contribution is 6.01. The zero-order chi connectivity index (χ0) is 30.3. The predicted octanol–water partition coefficient (Wildman–Crippen LogP) is 0.625. The molecule has 4 aliphatic carbocycles. The summed E-state index contributed by atoms with van der Waals surface area (Å²) in [5.74, 6) is -11.3. The van der Waals surface area contributed by atoms with Gasteiger partial charge in [0.05, 0.1) is 23.7 Å². The van der Waals surface area contributed by atoms with Gasteiger partial charge in [-0.25, -0.2) is 0 Å². The molecule has 0 aromatic carbocycles. The van der Waals surface area contributed by atoms with Crippen LogP contribution in [0.25, 0.3) is 0 Å². The van der Waals surface area contributed by atoms with Crippen molar-refractivity contribution in [2.45, 2.75) is 57.8 Å². The molecule has 0 spiro atoms. The van der Waals surface area contributed by atoms with Crippen molar-refractivity contribution in [1.82, 2.24) is 0 Å². The van der Waals surface area contributed by atoms with E-state index in [9.17, 15) is 38.4 Å². The average molecular weight is 562 g/mol. The van der Waals surface area contributed by atoms with E-state index >= 15 is 0 Å². The van der Waals surface area contributed by atoms with E-state index in [1.54, 1.807) is 0 Å². The molecular formula is C23H30O16. The fraction of sp³-hybridized carbons (Fsp3) is 0.652. The van der Waals surface area contributed by atoms with Gasteiger partial charge in [-0.3, -0.25) is 38.4 Å². The van der Waals surface area contributed by atoms with Crippen molar-refractivity contribution >= 4 is 47.8 Å². The molecule has 0 aliphatic heterocycles. The lowest BCUT2D eigenvalue weighted by Gasteiger charge is -2.32. The van der Waals surface area contributed by atoms with Crippen LogP contribution in [0.1, 0.15) is 57.8 Å². The second kappa shape index (κ2) is 13.0. The van der Waals surface area contributed by atoms with E-state index in [-0.39, 0.29) is 25.7 Å². The van der Waals surface area contributed by atoms with Crippen LogP contribution < -0.4 is 0 Å². The molecule has 218 valence electrons. The summed E-state index contributed by atoms with van der Waals surface area (Å²) < 4.78 is 0. The van der Waals surface area contributed by atoms with Crippen LogP contribution in [-0.2, 0) is 38.4 Å². The highest BCUT2D eigenvalue weighted by atomic mass is 16.4. The van der Waals surface area contributed by atoms with E-state index < -0.39 is 82.3 Å². The standard InChI is InChI=1S/3C6H8O4.C5H6O4/c7-4(8)6(5(9)10)2-1-3-6;2*7-5(8)3-1-2-4(3)6(9)10;6-3(7)5(1-2-5)4(8)9/h1-3H2,(H,7,8)(H,9,10);2*3-4H,1-2H2,(H,7,8)(H,9,10);1-2H2,(H,6,7)(H,8,9)/t;3-,4+;3-,4-;/m..1./s1. The van der Waals surface area contributed by atoms with Crippen molar-refractivity contribution in [2.24, 2.45) is 34.5 Å². The second-order valence-corrected chi connectivity index (χ2v) is 9.67. The summed E-state index contributed by atoms with van der Waals surface area (Å²) >= 11 is 0. The Morgan fingerprint density at radius 1 is 0.385 bits per heavy atom. The van der Waals surface area contributed by atoms with Crippen LogP contribution in [-0.4, -0.2) is 88.6 Å². The minimum Gasteiger partial charge on any atom is -0.481 e. The Labute approximate surface area is 219 Å². The topological polar surface area (TPSA) is 298 Å². The number of hydrogen-bond acceptors (Lipinski definition) is 8. The number of carboxylic acid groups (broad SMARTS) is 8. The fourth-order valence-corrected chi connectivity index (χ4v) is 3.88. The van der Waals surface area contributed by atoms with Crippen LogP contribution in [0.5, 0.6) is 0 Å².